The fourth-order valence-corrected chi connectivity index (χ4v) is 3.21. The number of ether oxygens (including phenoxy) is 2. The number of rotatable bonds is 5. The number of hydrogen-bond donors (Lipinski definition) is 1. The summed E-state index contributed by atoms with van der Waals surface area (Å²) < 4.78 is 11.1. The molecule has 1 aliphatic rings. The molecule has 2 aromatic heterocycles. The van der Waals surface area contributed by atoms with Gasteiger partial charge in [0.25, 0.3) is 5.91 Å². The summed E-state index contributed by atoms with van der Waals surface area (Å²) in [5.74, 6) is 0.186. The molecule has 0 spiro atoms. The van der Waals surface area contributed by atoms with E-state index in [1.54, 1.807) is 18.3 Å². The van der Waals surface area contributed by atoms with Crippen LogP contribution in [-0.2, 0) is 0 Å². The van der Waals surface area contributed by atoms with Gasteiger partial charge in [0.05, 0.1) is 7.11 Å². The third kappa shape index (κ3) is 4.47. The minimum absolute atomic E-state index is 0.0808. The lowest BCUT2D eigenvalue weighted by molar-refractivity contribution is 0.0881. The van der Waals surface area contributed by atoms with Crippen molar-refractivity contribution in [3.63, 3.8) is 0 Å². The van der Waals surface area contributed by atoms with Gasteiger partial charge in [0.1, 0.15) is 11.7 Å². The van der Waals surface area contributed by atoms with Gasteiger partial charge in [-0.2, -0.15) is 0 Å². The largest absolute Gasteiger partial charge is 0.480 e. The Balaban J connectivity index is 1.53. The van der Waals surface area contributed by atoms with Crippen LogP contribution < -0.4 is 14.8 Å². The Kier molecular flexibility index (Phi) is 5.65. The Morgan fingerprint density at radius 1 is 1.15 bits per heavy atom. The van der Waals surface area contributed by atoms with Crippen molar-refractivity contribution in [3.05, 3.63) is 41.3 Å². The standard InChI is InChI=1S/C19H24N4O3/c1-12-11-13(2)22-19(21-12)26-15-8-6-14(7-9-15)23-17(24)16-5-4-10-20-18(16)25-3/h4-5,10-11,14-15H,6-9H2,1-3H3,(H,23,24). The average molecular weight is 356 g/mol. The first-order chi connectivity index (χ1) is 12.5. The molecule has 0 saturated heterocycles. The number of aryl methyl sites for hydroxylation is 2. The number of carbonyl (C=O) groups excluding carboxylic acids is 1. The molecule has 1 N–H and O–H groups in total. The Morgan fingerprint density at radius 2 is 1.85 bits per heavy atom. The molecule has 1 fully saturated rings. The number of amides is 1. The van der Waals surface area contributed by atoms with E-state index in [0.29, 0.717) is 17.5 Å². The van der Waals surface area contributed by atoms with Crippen LogP contribution in [0.25, 0.3) is 0 Å². The Hall–Kier alpha value is -2.70. The molecule has 26 heavy (non-hydrogen) atoms. The number of methoxy groups -OCH3 is 1. The van der Waals surface area contributed by atoms with E-state index in [4.69, 9.17) is 9.47 Å². The summed E-state index contributed by atoms with van der Waals surface area (Å²) in [5, 5.41) is 3.07. The summed E-state index contributed by atoms with van der Waals surface area (Å²) in [4.78, 5) is 25.2. The molecule has 0 aliphatic heterocycles. The molecule has 7 nitrogen and oxygen atoms in total. The topological polar surface area (TPSA) is 86.2 Å². The maximum Gasteiger partial charge on any atom is 0.317 e. The number of nitrogens with zero attached hydrogens (tertiary/aromatic N) is 3. The minimum Gasteiger partial charge on any atom is -0.480 e. The van der Waals surface area contributed by atoms with Crippen LogP contribution in [0.5, 0.6) is 11.9 Å². The highest BCUT2D eigenvalue weighted by atomic mass is 16.5. The molecule has 0 unspecified atom stereocenters. The molecule has 138 valence electrons. The van der Waals surface area contributed by atoms with Gasteiger partial charge in [-0.3, -0.25) is 4.79 Å². The predicted octanol–water partition coefficient (Wildman–Crippen LogP) is 2.62. The number of pyridine rings is 1. The predicted molar refractivity (Wildman–Crippen MR) is 96.4 cm³/mol. The molecule has 1 aliphatic carbocycles. The zero-order chi connectivity index (χ0) is 18.5. The molecule has 0 bridgehead atoms. The zero-order valence-corrected chi connectivity index (χ0v) is 15.4. The summed E-state index contributed by atoms with van der Waals surface area (Å²) >= 11 is 0. The van der Waals surface area contributed by atoms with Gasteiger partial charge >= 0.3 is 6.01 Å². The van der Waals surface area contributed by atoms with Crippen molar-refractivity contribution >= 4 is 5.91 Å². The summed E-state index contributed by atoms with van der Waals surface area (Å²) in [7, 11) is 1.51. The lowest BCUT2D eigenvalue weighted by Gasteiger charge is -2.29. The first-order valence-electron chi connectivity index (χ1n) is 8.84. The average Bonchev–Trinajstić information content (AvgIpc) is 2.62. The van der Waals surface area contributed by atoms with Crippen LogP contribution in [-0.4, -0.2) is 40.1 Å². The van der Waals surface area contributed by atoms with Crippen molar-refractivity contribution in [2.24, 2.45) is 0 Å². The fourth-order valence-electron chi connectivity index (χ4n) is 3.21. The molecular weight excluding hydrogens is 332 g/mol. The Morgan fingerprint density at radius 3 is 2.50 bits per heavy atom. The summed E-state index contributed by atoms with van der Waals surface area (Å²) in [6, 6.07) is 5.92. The molecule has 0 atom stereocenters. The second-order valence-corrected chi connectivity index (χ2v) is 6.56. The monoisotopic (exact) mass is 356 g/mol. The summed E-state index contributed by atoms with van der Waals surface area (Å²) in [6.07, 6.45) is 5.09. The third-order valence-electron chi connectivity index (χ3n) is 4.45. The van der Waals surface area contributed by atoms with Crippen molar-refractivity contribution in [1.29, 1.82) is 0 Å². The Labute approximate surface area is 153 Å². The van der Waals surface area contributed by atoms with Crippen LogP contribution in [0.3, 0.4) is 0 Å². The number of aromatic nitrogens is 3. The van der Waals surface area contributed by atoms with Gasteiger partial charge in [0.15, 0.2) is 0 Å². The molecule has 0 aromatic carbocycles. The molecule has 0 radical (unpaired) electrons. The molecule has 2 heterocycles. The SMILES string of the molecule is COc1ncccc1C(=O)NC1CCC(Oc2nc(C)cc(C)n2)CC1. The highest BCUT2D eigenvalue weighted by Crippen LogP contribution is 2.23. The van der Waals surface area contributed by atoms with Crippen molar-refractivity contribution in [2.45, 2.75) is 51.7 Å². The highest BCUT2D eigenvalue weighted by molar-refractivity contribution is 5.96. The third-order valence-corrected chi connectivity index (χ3v) is 4.45. The van der Waals surface area contributed by atoms with E-state index < -0.39 is 0 Å². The molecule has 3 rings (SSSR count). The van der Waals surface area contributed by atoms with Crippen LogP contribution in [0.2, 0.25) is 0 Å². The smallest absolute Gasteiger partial charge is 0.317 e. The molecule has 7 heteroatoms. The van der Waals surface area contributed by atoms with E-state index in [0.717, 1.165) is 37.1 Å². The van der Waals surface area contributed by atoms with Gasteiger partial charge in [0.2, 0.25) is 5.88 Å². The van der Waals surface area contributed by atoms with E-state index >= 15 is 0 Å². The van der Waals surface area contributed by atoms with Gasteiger partial charge in [-0.1, -0.05) is 0 Å². The van der Waals surface area contributed by atoms with Gasteiger partial charge in [-0.05, 0) is 57.7 Å². The van der Waals surface area contributed by atoms with E-state index in [1.165, 1.54) is 7.11 Å². The minimum atomic E-state index is -0.156. The van der Waals surface area contributed by atoms with Crippen LogP contribution in [0.1, 0.15) is 47.4 Å². The maximum absolute atomic E-state index is 12.5. The quantitative estimate of drug-likeness (QED) is 0.886. The fraction of sp³-hybridized carbons (Fsp3) is 0.474. The lowest BCUT2D eigenvalue weighted by Crippen LogP contribution is -2.40. The van der Waals surface area contributed by atoms with Gasteiger partial charge in [-0.15, -0.1) is 0 Å². The number of nitrogens with one attached hydrogen (secondary N) is 1. The van der Waals surface area contributed by atoms with Crippen molar-refractivity contribution in [2.75, 3.05) is 7.11 Å². The van der Waals surface area contributed by atoms with Crippen LogP contribution >= 0.6 is 0 Å². The van der Waals surface area contributed by atoms with E-state index in [2.05, 4.69) is 20.3 Å². The van der Waals surface area contributed by atoms with E-state index in [-0.39, 0.29) is 18.1 Å². The molecular formula is C19H24N4O3. The van der Waals surface area contributed by atoms with E-state index in [9.17, 15) is 4.79 Å². The molecule has 2 aromatic rings. The van der Waals surface area contributed by atoms with Gasteiger partial charge < -0.3 is 14.8 Å². The number of carbonyl (C=O) groups is 1. The second-order valence-electron chi connectivity index (χ2n) is 6.56. The second kappa shape index (κ2) is 8.12. The molecule has 1 saturated carbocycles. The molecule has 1 amide bonds. The number of hydrogen-bond acceptors (Lipinski definition) is 6. The van der Waals surface area contributed by atoms with Crippen LogP contribution in [0, 0.1) is 13.8 Å². The van der Waals surface area contributed by atoms with Crippen molar-refractivity contribution in [1.82, 2.24) is 20.3 Å². The highest BCUT2D eigenvalue weighted by Gasteiger charge is 2.25. The van der Waals surface area contributed by atoms with Crippen molar-refractivity contribution in [3.8, 4) is 11.9 Å². The van der Waals surface area contributed by atoms with Gasteiger partial charge in [0, 0.05) is 23.6 Å². The zero-order valence-electron chi connectivity index (χ0n) is 15.4. The maximum atomic E-state index is 12.5. The lowest BCUT2D eigenvalue weighted by atomic mass is 9.93. The summed E-state index contributed by atoms with van der Waals surface area (Å²) in [6.45, 7) is 3.86. The van der Waals surface area contributed by atoms with Crippen LogP contribution in [0.15, 0.2) is 24.4 Å². The normalized spacial score (nSPS) is 19.7. The van der Waals surface area contributed by atoms with Crippen molar-refractivity contribution < 1.29 is 14.3 Å². The first kappa shape index (κ1) is 18.1. The first-order valence-corrected chi connectivity index (χ1v) is 8.84. The van der Waals surface area contributed by atoms with E-state index in [1.807, 2.05) is 19.9 Å². The van der Waals surface area contributed by atoms with Crippen LogP contribution in [0.4, 0.5) is 0 Å². The summed E-state index contributed by atoms with van der Waals surface area (Å²) in [5.41, 5.74) is 2.26. The van der Waals surface area contributed by atoms with Gasteiger partial charge in [-0.25, -0.2) is 15.0 Å². The Bertz CT molecular complexity index is 753.